The Morgan fingerprint density at radius 1 is 1.04 bits per heavy atom. The zero-order chi connectivity index (χ0) is 18.4. The second kappa shape index (κ2) is 8.88. The highest BCUT2D eigenvalue weighted by molar-refractivity contribution is 5.82. The Kier molecular flexibility index (Phi) is 7.11. The molecule has 2 aliphatic rings. The van der Waals surface area contributed by atoms with Crippen molar-refractivity contribution in [2.75, 3.05) is 6.54 Å². The maximum atomic E-state index is 12.5. The summed E-state index contributed by atoms with van der Waals surface area (Å²) in [5.41, 5.74) is -0.587. The van der Waals surface area contributed by atoms with E-state index < -0.39 is 23.8 Å². The fourth-order valence-corrected chi connectivity index (χ4v) is 3.73. The van der Waals surface area contributed by atoms with Crippen molar-refractivity contribution in [3.63, 3.8) is 0 Å². The van der Waals surface area contributed by atoms with Crippen LogP contribution in [0.5, 0.6) is 0 Å². The third-order valence-corrected chi connectivity index (χ3v) is 5.01. The van der Waals surface area contributed by atoms with Crippen molar-refractivity contribution >= 4 is 12.0 Å². The van der Waals surface area contributed by atoms with Crippen LogP contribution in [0.2, 0.25) is 0 Å². The lowest BCUT2D eigenvalue weighted by Crippen LogP contribution is -2.52. The molecule has 0 aromatic rings. The highest BCUT2D eigenvalue weighted by Crippen LogP contribution is 2.24. The number of hydrogen-bond acceptors (Lipinski definition) is 4. The maximum Gasteiger partial charge on any atom is 0.410 e. The van der Waals surface area contributed by atoms with Crippen LogP contribution in [0.3, 0.4) is 0 Å². The fraction of sp³-hybridized carbons (Fsp3) is 0.895. The summed E-state index contributed by atoms with van der Waals surface area (Å²) in [4.78, 5) is 26.4. The van der Waals surface area contributed by atoms with Crippen molar-refractivity contribution in [1.29, 1.82) is 0 Å². The third-order valence-electron chi connectivity index (χ3n) is 5.01. The molecule has 0 aromatic heterocycles. The first-order valence-corrected chi connectivity index (χ1v) is 9.76. The highest BCUT2D eigenvalue weighted by Gasteiger charge is 2.39. The van der Waals surface area contributed by atoms with E-state index in [1.807, 2.05) is 20.8 Å². The fourth-order valence-electron chi connectivity index (χ4n) is 3.73. The molecule has 6 heteroatoms. The molecule has 2 amide bonds. The van der Waals surface area contributed by atoms with E-state index in [9.17, 15) is 14.7 Å². The van der Waals surface area contributed by atoms with Gasteiger partial charge in [-0.15, -0.1) is 0 Å². The Morgan fingerprint density at radius 2 is 1.64 bits per heavy atom. The van der Waals surface area contributed by atoms with E-state index in [2.05, 4.69) is 5.32 Å². The number of nitrogens with zero attached hydrogens (tertiary/aromatic N) is 1. The lowest BCUT2D eigenvalue weighted by Gasteiger charge is -2.31. The van der Waals surface area contributed by atoms with Gasteiger partial charge in [0, 0.05) is 12.6 Å². The number of carbonyl (C=O) groups excluding carboxylic acids is 2. The van der Waals surface area contributed by atoms with Gasteiger partial charge in [-0.1, -0.05) is 32.1 Å². The first-order chi connectivity index (χ1) is 11.8. The van der Waals surface area contributed by atoms with Crippen molar-refractivity contribution < 1.29 is 19.4 Å². The smallest absolute Gasteiger partial charge is 0.410 e. The molecule has 2 N–H and O–H groups in total. The Bertz CT molecular complexity index is 453. The molecule has 2 atom stereocenters. The van der Waals surface area contributed by atoms with E-state index in [4.69, 9.17) is 4.74 Å². The van der Waals surface area contributed by atoms with Crippen LogP contribution in [0, 0.1) is 0 Å². The molecular weight excluding hydrogens is 320 g/mol. The van der Waals surface area contributed by atoms with E-state index in [0.717, 1.165) is 32.1 Å². The van der Waals surface area contributed by atoms with E-state index in [1.54, 1.807) is 0 Å². The van der Waals surface area contributed by atoms with Crippen molar-refractivity contribution in [2.24, 2.45) is 0 Å². The standard InChI is InChI=1S/C19H34N2O4/c1-19(2,3)25-18(24)21-13-9-12-15(21)16(22)17(23)20-14-10-7-5-4-6-8-11-14/h14-16,22H,4-13H2,1-3H3,(H,20,23). The van der Waals surface area contributed by atoms with Gasteiger partial charge in [-0.05, 0) is 46.5 Å². The summed E-state index contributed by atoms with van der Waals surface area (Å²) in [5, 5.41) is 13.5. The number of rotatable bonds is 3. The molecule has 1 aliphatic heterocycles. The zero-order valence-electron chi connectivity index (χ0n) is 15.9. The van der Waals surface area contributed by atoms with Crippen molar-refractivity contribution in [3.05, 3.63) is 0 Å². The Balaban J connectivity index is 1.91. The van der Waals surface area contributed by atoms with E-state index in [0.29, 0.717) is 13.0 Å². The molecule has 0 radical (unpaired) electrons. The molecular formula is C19H34N2O4. The van der Waals surface area contributed by atoms with Crippen LogP contribution >= 0.6 is 0 Å². The lowest BCUT2D eigenvalue weighted by molar-refractivity contribution is -0.133. The average Bonchev–Trinajstić information content (AvgIpc) is 2.96. The number of hydrogen-bond donors (Lipinski definition) is 2. The zero-order valence-corrected chi connectivity index (χ0v) is 15.9. The number of aliphatic hydroxyl groups is 1. The predicted octanol–water partition coefficient (Wildman–Crippen LogP) is 2.98. The second-order valence-corrected chi connectivity index (χ2v) is 8.38. The first kappa shape index (κ1) is 20.0. The summed E-state index contributed by atoms with van der Waals surface area (Å²) in [6, 6.07) is -0.359. The van der Waals surface area contributed by atoms with Gasteiger partial charge in [0.25, 0.3) is 5.91 Å². The number of likely N-dealkylation sites (tertiary alicyclic amines) is 1. The minimum Gasteiger partial charge on any atom is -0.444 e. The van der Waals surface area contributed by atoms with Gasteiger partial charge in [-0.25, -0.2) is 4.79 Å². The first-order valence-electron chi connectivity index (χ1n) is 9.76. The van der Waals surface area contributed by atoms with Gasteiger partial charge in [0.2, 0.25) is 0 Å². The Hall–Kier alpha value is -1.30. The summed E-state index contributed by atoms with van der Waals surface area (Å²) in [6.45, 7) is 5.96. The SMILES string of the molecule is CC(C)(C)OC(=O)N1CCCC1C(O)C(=O)NC1CCCCCCC1. The van der Waals surface area contributed by atoms with Crippen LogP contribution in [-0.4, -0.2) is 52.3 Å². The van der Waals surface area contributed by atoms with Crippen molar-refractivity contribution in [1.82, 2.24) is 10.2 Å². The normalized spacial score (nSPS) is 24.3. The van der Waals surface area contributed by atoms with Crippen LogP contribution in [0.1, 0.15) is 78.6 Å². The number of ether oxygens (including phenoxy) is 1. The highest BCUT2D eigenvalue weighted by atomic mass is 16.6. The molecule has 2 fully saturated rings. The number of nitrogens with one attached hydrogen (secondary N) is 1. The quantitative estimate of drug-likeness (QED) is 0.817. The van der Waals surface area contributed by atoms with Gasteiger partial charge in [0.15, 0.2) is 6.10 Å². The lowest BCUT2D eigenvalue weighted by atomic mass is 9.96. The third kappa shape index (κ3) is 6.17. The van der Waals surface area contributed by atoms with Gasteiger partial charge in [0.05, 0.1) is 6.04 Å². The molecule has 2 rings (SSSR count). The van der Waals surface area contributed by atoms with E-state index in [1.165, 1.54) is 24.2 Å². The molecule has 6 nitrogen and oxygen atoms in total. The predicted molar refractivity (Wildman–Crippen MR) is 96.2 cm³/mol. The van der Waals surface area contributed by atoms with Gasteiger partial charge >= 0.3 is 6.09 Å². The summed E-state index contributed by atoms with van der Waals surface area (Å²) in [5.74, 6) is -0.356. The van der Waals surface area contributed by atoms with Gasteiger partial charge in [-0.2, -0.15) is 0 Å². The summed E-state index contributed by atoms with van der Waals surface area (Å²) in [6.07, 6.45) is 7.63. The topological polar surface area (TPSA) is 78.9 Å². The molecule has 1 aliphatic carbocycles. The van der Waals surface area contributed by atoms with Crippen LogP contribution in [-0.2, 0) is 9.53 Å². The van der Waals surface area contributed by atoms with Gasteiger partial charge in [-0.3, -0.25) is 4.79 Å². The summed E-state index contributed by atoms with van der Waals surface area (Å²) in [7, 11) is 0. The monoisotopic (exact) mass is 354 g/mol. The molecule has 1 heterocycles. The van der Waals surface area contributed by atoms with Crippen LogP contribution in [0.15, 0.2) is 0 Å². The maximum absolute atomic E-state index is 12.5. The second-order valence-electron chi connectivity index (χ2n) is 8.38. The molecule has 25 heavy (non-hydrogen) atoms. The molecule has 0 bridgehead atoms. The summed E-state index contributed by atoms with van der Waals surface area (Å²) >= 11 is 0. The number of aliphatic hydroxyl groups excluding tert-OH is 1. The number of amides is 2. The molecule has 144 valence electrons. The Labute approximate surface area is 151 Å². The molecule has 1 saturated heterocycles. The van der Waals surface area contributed by atoms with Crippen molar-refractivity contribution in [3.8, 4) is 0 Å². The summed E-state index contributed by atoms with van der Waals surface area (Å²) < 4.78 is 5.41. The molecule has 1 saturated carbocycles. The molecule has 2 unspecified atom stereocenters. The van der Waals surface area contributed by atoms with Crippen LogP contribution < -0.4 is 5.32 Å². The molecule has 0 spiro atoms. The minimum atomic E-state index is -1.19. The van der Waals surface area contributed by atoms with Gasteiger partial charge < -0.3 is 20.1 Å². The van der Waals surface area contributed by atoms with E-state index in [-0.39, 0.29) is 11.9 Å². The minimum absolute atomic E-state index is 0.138. The van der Waals surface area contributed by atoms with Crippen LogP contribution in [0.4, 0.5) is 4.79 Å². The average molecular weight is 354 g/mol. The number of carbonyl (C=O) groups is 2. The molecule has 0 aromatic carbocycles. The van der Waals surface area contributed by atoms with E-state index >= 15 is 0 Å². The van der Waals surface area contributed by atoms with Gasteiger partial charge in [0.1, 0.15) is 5.60 Å². The Morgan fingerprint density at radius 3 is 2.24 bits per heavy atom. The van der Waals surface area contributed by atoms with Crippen molar-refractivity contribution in [2.45, 2.75) is 102 Å². The van der Waals surface area contributed by atoms with Crippen LogP contribution in [0.25, 0.3) is 0 Å². The largest absolute Gasteiger partial charge is 0.444 e.